The highest BCUT2D eigenvalue weighted by atomic mass is 32.2. The molecule has 0 bridgehead atoms. The molecule has 0 aliphatic heterocycles. The minimum absolute atomic E-state index is 0.150. The number of imide groups is 1. The van der Waals surface area contributed by atoms with E-state index in [2.05, 4.69) is 10.2 Å². The molecule has 11 heteroatoms. The second-order valence-electron chi connectivity index (χ2n) is 3.10. The number of hydrogen-bond acceptors (Lipinski definition) is 8. The van der Waals surface area contributed by atoms with Gasteiger partial charge in [0.05, 0.1) is 5.75 Å². The molecule has 0 radical (unpaired) electrons. The van der Waals surface area contributed by atoms with Crippen LogP contribution in [0, 0.1) is 0 Å². The van der Waals surface area contributed by atoms with Crippen molar-refractivity contribution in [3.63, 3.8) is 0 Å². The lowest BCUT2D eigenvalue weighted by molar-refractivity contribution is -0.119. The summed E-state index contributed by atoms with van der Waals surface area (Å²) in [5.74, 6) is -0.250. The van der Waals surface area contributed by atoms with Crippen molar-refractivity contribution in [1.29, 1.82) is 0 Å². The summed E-state index contributed by atoms with van der Waals surface area (Å²) < 4.78 is 1.32. The smallest absolute Gasteiger partial charge is 0.318 e. The Balaban J connectivity index is 2.28. The maximum atomic E-state index is 11.1. The average Bonchev–Trinajstić information content (AvgIpc) is 2.73. The summed E-state index contributed by atoms with van der Waals surface area (Å²) in [4.78, 5) is 32.1. The Hall–Kier alpha value is -1.33. The monoisotopic (exact) mass is 321 g/mol. The van der Waals surface area contributed by atoms with Gasteiger partial charge in [-0.3, -0.25) is 14.9 Å². The lowest BCUT2D eigenvalue weighted by atomic mass is 10.4. The number of nitrogens with two attached hydrogens (primary N) is 2. The lowest BCUT2D eigenvalue weighted by Gasteiger charge is -1.98. The SMILES string of the molecule is NC(=O)CSc1nnc(SCCC(=O)NC(N)=O)s1. The van der Waals surface area contributed by atoms with E-state index in [-0.39, 0.29) is 12.2 Å². The number of nitrogens with zero attached hydrogens (tertiary/aromatic N) is 2. The molecule has 104 valence electrons. The summed E-state index contributed by atoms with van der Waals surface area (Å²) >= 11 is 3.86. The van der Waals surface area contributed by atoms with Gasteiger partial charge in [-0.15, -0.1) is 10.2 Å². The standard InChI is InChI=1S/C8H11N5O3S3/c9-4(14)3-18-8-13-12-7(19-8)17-2-1-5(15)11-6(10)16/h1-3H2,(H2,9,14)(H3,10,11,15,16). The van der Waals surface area contributed by atoms with Gasteiger partial charge in [0.15, 0.2) is 8.68 Å². The van der Waals surface area contributed by atoms with Crippen LogP contribution < -0.4 is 16.8 Å². The van der Waals surface area contributed by atoms with Crippen molar-refractivity contribution in [2.75, 3.05) is 11.5 Å². The number of aromatic nitrogens is 2. The maximum Gasteiger partial charge on any atom is 0.318 e. The highest BCUT2D eigenvalue weighted by Gasteiger charge is 2.09. The third kappa shape index (κ3) is 6.98. The van der Waals surface area contributed by atoms with Gasteiger partial charge in [0.25, 0.3) is 0 Å². The number of carbonyl (C=O) groups is 3. The molecule has 0 spiro atoms. The Bertz CT molecular complexity index is 478. The second-order valence-corrected chi connectivity index (χ2v) is 6.64. The molecule has 1 aromatic rings. The number of urea groups is 1. The molecule has 1 aromatic heterocycles. The van der Waals surface area contributed by atoms with Gasteiger partial charge < -0.3 is 11.5 Å². The molecule has 0 atom stereocenters. The van der Waals surface area contributed by atoms with E-state index in [9.17, 15) is 14.4 Å². The fourth-order valence-corrected chi connectivity index (χ4v) is 3.65. The minimum Gasteiger partial charge on any atom is -0.369 e. The molecule has 0 aromatic carbocycles. The van der Waals surface area contributed by atoms with Crippen LogP contribution in [0.1, 0.15) is 6.42 Å². The zero-order valence-corrected chi connectivity index (χ0v) is 12.1. The van der Waals surface area contributed by atoms with E-state index in [4.69, 9.17) is 11.5 Å². The molecule has 19 heavy (non-hydrogen) atoms. The molecule has 4 amide bonds. The van der Waals surface area contributed by atoms with Crippen molar-refractivity contribution < 1.29 is 14.4 Å². The van der Waals surface area contributed by atoms with Crippen molar-refractivity contribution in [2.24, 2.45) is 11.5 Å². The average molecular weight is 321 g/mol. The van der Waals surface area contributed by atoms with Crippen molar-refractivity contribution in [3.8, 4) is 0 Å². The van der Waals surface area contributed by atoms with Crippen LogP contribution in [0.25, 0.3) is 0 Å². The van der Waals surface area contributed by atoms with E-state index in [0.717, 1.165) is 0 Å². The zero-order valence-electron chi connectivity index (χ0n) is 9.62. The number of hydrogen-bond donors (Lipinski definition) is 3. The first-order chi connectivity index (χ1) is 8.97. The molecule has 5 N–H and O–H groups in total. The van der Waals surface area contributed by atoms with Crippen LogP contribution in [0.5, 0.6) is 0 Å². The highest BCUT2D eigenvalue weighted by molar-refractivity contribution is 8.03. The third-order valence-corrected chi connectivity index (χ3v) is 4.76. The molecule has 1 rings (SSSR count). The molecule has 0 unspecified atom stereocenters. The van der Waals surface area contributed by atoms with Crippen molar-refractivity contribution in [2.45, 2.75) is 15.1 Å². The van der Waals surface area contributed by atoms with E-state index < -0.39 is 17.8 Å². The second kappa shape index (κ2) is 7.96. The van der Waals surface area contributed by atoms with Gasteiger partial charge in [-0.05, 0) is 0 Å². The molecular weight excluding hydrogens is 310 g/mol. The summed E-state index contributed by atoms with van der Waals surface area (Å²) in [7, 11) is 0. The fourth-order valence-electron chi connectivity index (χ4n) is 0.878. The summed E-state index contributed by atoms with van der Waals surface area (Å²) in [6.07, 6.45) is 0.150. The largest absolute Gasteiger partial charge is 0.369 e. The zero-order chi connectivity index (χ0) is 14.3. The number of primary amides is 2. The molecule has 0 aliphatic rings. The van der Waals surface area contributed by atoms with Gasteiger partial charge >= 0.3 is 6.03 Å². The molecule has 0 fully saturated rings. The van der Waals surface area contributed by atoms with Crippen LogP contribution >= 0.6 is 34.9 Å². The van der Waals surface area contributed by atoms with Crippen LogP contribution in [-0.2, 0) is 9.59 Å². The Kier molecular flexibility index (Phi) is 6.59. The quantitative estimate of drug-likeness (QED) is 0.590. The first-order valence-corrected chi connectivity index (χ1v) is 7.73. The van der Waals surface area contributed by atoms with Gasteiger partial charge in [0.2, 0.25) is 11.8 Å². The van der Waals surface area contributed by atoms with Gasteiger partial charge in [0, 0.05) is 12.2 Å². The van der Waals surface area contributed by atoms with Crippen LogP contribution in [0.3, 0.4) is 0 Å². The first-order valence-electron chi connectivity index (χ1n) is 4.94. The Morgan fingerprint density at radius 2 is 1.79 bits per heavy atom. The van der Waals surface area contributed by atoms with Crippen LogP contribution in [0.2, 0.25) is 0 Å². The van der Waals surface area contributed by atoms with E-state index in [1.54, 1.807) is 0 Å². The number of carbonyl (C=O) groups excluding carboxylic acids is 3. The predicted octanol–water partition coefficient (Wildman–Crippen LogP) is -0.207. The minimum atomic E-state index is -0.865. The third-order valence-electron chi connectivity index (χ3n) is 1.54. The summed E-state index contributed by atoms with van der Waals surface area (Å²) in [5, 5.41) is 9.72. The van der Waals surface area contributed by atoms with Crippen molar-refractivity contribution in [3.05, 3.63) is 0 Å². The Morgan fingerprint density at radius 1 is 1.16 bits per heavy atom. The highest BCUT2D eigenvalue weighted by Crippen LogP contribution is 2.28. The number of nitrogens with one attached hydrogen (secondary N) is 1. The number of thioether (sulfide) groups is 2. The summed E-state index contributed by atoms with van der Waals surface area (Å²) in [6, 6.07) is -0.865. The molecule has 0 aliphatic carbocycles. The lowest BCUT2D eigenvalue weighted by Crippen LogP contribution is -2.35. The molecule has 8 nitrogen and oxygen atoms in total. The molecule has 1 heterocycles. The fraction of sp³-hybridized carbons (Fsp3) is 0.375. The predicted molar refractivity (Wildman–Crippen MR) is 72.9 cm³/mol. The Morgan fingerprint density at radius 3 is 2.37 bits per heavy atom. The van der Waals surface area contributed by atoms with Gasteiger partial charge in [-0.1, -0.05) is 34.9 Å². The number of rotatable bonds is 7. The van der Waals surface area contributed by atoms with Crippen molar-refractivity contribution >= 4 is 52.7 Å². The molecular formula is C8H11N5O3S3. The summed E-state index contributed by atoms with van der Waals surface area (Å²) in [5.41, 5.74) is 9.81. The van der Waals surface area contributed by atoms with Crippen LogP contribution in [0.15, 0.2) is 8.68 Å². The van der Waals surface area contributed by atoms with E-state index in [1.165, 1.54) is 34.9 Å². The van der Waals surface area contributed by atoms with E-state index in [1.807, 2.05) is 5.32 Å². The van der Waals surface area contributed by atoms with Gasteiger partial charge in [0.1, 0.15) is 0 Å². The van der Waals surface area contributed by atoms with Gasteiger partial charge in [-0.2, -0.15) is 0 Å². The van der Waals surface area contributed by atoms with E-state index in [0.29, 0.717) is 14.4 Å². The Labute approximate surface area is 121 Å². The van der Waals surface area contributed by atoms with Crippen LogP contribution in [-0.4, -0.2) is 39.5 Å². The topological polar surface area (TPSA) is 141 Å². The van der Waals surface area contributed by atoms with Crippen molar-refractivity contribution in [1.82, 2.24) is 15.5 Å². The normalized spacial score (nSPS) is 10.1. The van der Waals surface area contributed by atoms with Crippen LogP contribution in [0.4, 0.5) is 4.79 Å². The summed E-state index contributed by atoms with van der Waals surface area (Å²) in [6.45, 7) is 0. The molecule has 0 saturated heterocycles. The number of amides is 4. The van der Waals surface area contributed by atoms with Gasteiger partial charge in [-0.25, -0.2) is 4.79 Å². The first kappa shape index (κ1) is 15.7. The van der Waals surface area contributed by atoms with E-state index >= 15 is 0 Å². The molecule has 0 saturated carbocycles. The maximum absolute atomic E-state index is 11.1.